The van der Waals surface area contributed by atoms with Crippen LogP contribution in [0.25, 0.3) is 17.0 Å². The number of hydrogen-bond donors (Lipinski definition) is 2. The molecule has 0 saturated carbocycles. The first-order chi connectivity index (χ1) is 16.0. The van der Waals surface area contributed by atoms with Crippen LogP contribution in [0.2, 0.25) is 0 Å². The normalized spacial score (nSPS) is 11.1. The average Bonchev–Trinajstić information content (AvgIpc) is 3.16. The largest absolute Gasteiger partial charge is 0.337 e. The van der Waals surface area contributed by atoms with Gasteiger partial charge in [-0.15, -0.1) is 0 Å². The number of anilines is 2. The van der Waals surface area contributed by atoms with E-state index < -0.39 is 5.91 Å². The van der Waals surface area contributed by atoms with Gasteiger partial charge in [0.2, 0.25) is 5.91 Å². The van der Waals surface area contributed by atoms with E-state index >= 15 is 0 Å². The van der Waals surface area contributed by atoms with Gasteiger partial charge in [0, 0.05) is 38.5 Å². The van der Waals surface area contributed by atoms with E-state index in [1.807, 2.05) is 60.7 Å². The maximum atomic E-state index is 12.7. The van der Waals surface area contributed by atoms with E-state index in [1.165, 1.54) is 0 Å². The van der Waals surface area contributed by atoms with Crippen molar-refractivity contribution in [1.82, 2.24) is 4.57 Å². The fraction of sp³-hybridized carbons (Fsp3) is 0.0385. The second kappa shape index (κ2) is 9.98. The summed E-state index contributed by atoms with van der Waals surface area (Å²) in [4.78, 5) is 25.3. The maximum absolute atomic E-state index is 12.7. The van der Waals surface area contributed by atoms with E-state index in [-0.39, 0.29) is 18.0 Å². The molecule has 0 unspecified atom stereocenters. The van der Waals surface area contributed by atoms with Crippen LogP contribution in [0, 0.1) is 11.3 Å². The number of nitrogens with zero attached hydrogens (tertiary/aromatic N) is 2. The Kier molecular flexibility index (Phi) is 6.67. The molecule has 0 aliphatic heterocycles. The molecule has 2 amide bonds. The first-order valence-electron chi connectivity index (χ1n) is 10.1. The summed E-state index contributed by atoms with van der Waals surface area (Å²) in [5.41, 5.74) is 2.78. The number of aromatic nitrogens is 1. The summed E-state index contributed by atoms with van der Waals surface area (Å²) in [7, 11) is 0. The number of nitrogens with one attached hydrogen (secondary N) is 2. The van der Waals surface area contributed by atoms with Gasteiger partial charge >= 0.3 is 0 Å². The Morgan fingerprint density at radius 3 is 2.30 bits per heavy atom. The minimum absolute atomic E-state index is 0.0328. The van der Waals surface area contributed by atoms with Crippen molar-refractivity contribution in [3.8, 4) is 6.07 Å². The first kappa shape index (κ1) is 22.1. The molecule has 4 aromatic rings. The summed E-state index contributed by atoms with van der Waals surface area (Å²) >= 11 is 3.35. The monoisotopic (exact) mass is 498 g/mol. The fourth-order valence-electron chi connectivity index (χ4n) is 3.43. The van der Waals surface area contributed by atoms with E-state index in [0.29, 0.717) is 11.3 Å². The molecule has 6 nitrogen and oxygen atoms in total. The van der Waals surface area contributed by atoms with Crippen molar-refractivity contribution < 1.29 is 9.59 Å². The summed E-state index contributed by atoms with van der Waals surface area (Å²) in [6, 6.07) is 25.9. The third kappa shape index (κ3) is 5.37. The molecule has 162 valence electrons. The zero-order valence-corrected chi connectivity index (χ0v) is 19.0. The molecule has 2 N–H and O–H groups in total. The Hall–Kier alpha value is -4.15. The van der Waals surface area contributed by atoms with E-state index in [0.717, 1.165) is 21.1 Å². The second-order valence-electron chi connectivity index (χ2n) is 7.27. The minimum Gasteiger partial charge on any atom is -0.337 e. The molecular weight excluding hydrogens is 480 g/mol. The third-order valence-electron chi connectivity index (χ3n) is 4.96. The highest BCUT2D eigenvalue weighted by Crippen LogP contribution is 2.24. The number of hydrogen-bond acceptors (Lipinski definition) is 3. The van der Waals surface area contributed by atoms with E-state index in [1.54, 1.807) is 41.1 Å². The highest BCUT2D eigenvalue weighted by Gasteiger charge is 2.14. The van der Waals surface area contributed by atoms with Crippen molar-refractivity contribution in [2.24, 2.45) is 0 Å². The van der Waals surface area contributed by atoms with Crippen molar-refractivity contribution in [2.45, 2.75) is 6.54 Å². The van der Waals surface area contributed by atoms with Crippen molar-refractivity contribution in [2.75, 3.05) is 10.6 Å². The molecule has 33 heavy (non-hydrogen) atoms. The van der Waals surface area contributed by atoms with Crippen molar-refractivity contribution in [3.63, 3.8) is 0 Å². The number of fused-ring (bicyclic) bond motifs is 1. The molecule has 0 atom stereocenters. The van der Waals surface area contributed by atoms with Crippen LogP contribution in [0.4, 0.5) is 11.4 Å². The predicted octanol–water partition coefficient (Wildman–Crippen LogP) is 5.59. The summed E-state index contributed by atoms with van der Waals surface area (Å²) < 4.78 is 2.70. The molecule has 0 aliphatic carbocycles. The number of para-hydroxylation sites is 2. The molecule has 1 heterocycles. The van der Waals surface area contributed by atoms with Gasteiger partial charge in [0.05, 0.1) is 0 Å². The van der Waals surface area contributed by atoms with E-state index in [2.05, 4.69) is 26.6 Å². The van der Waals surface area contributed by atoms with Crippen LogP contribution in [-0.4, -0.2) is 16.4 Å². The maximum Gasteiger partial charge on any atom is 0.266 e. The van der Waals surface area contributed by atoms with Crippen molar-refractivity contribution in [1.29, 1.82) is 5.26 Å². The Bertz CT molecular complexity index is 1380. The van der Waals surface area contributed by atoms with Gasteiger partial charge in [-0.1, -0.05) is 52.3 Å². The lowest BCUT2D eigenvalue weighted by Crippen LogP contribution is -2.18. The average molecular weight is 499 g/mol. The van der Waals surface area contributed by atoms with Crippen molar-refractivity contribution >= 4 is 56.1 Å². The van der Waals surface area contributed by atoms with Crippen molar-refractivity contribution in [3.05, 3.63) is 101 Å². The number of carbonyl (C=O) groups is 2. The lowest BCUT2D eigenvalue weighted by Gasteiger charge is -2.07. The molecule has 0 fully saturated rings. The summed E-state index contributed by atoms with van der Waals surface area (Å²) in [5.74, 6) is -0.676. The van der Waals surface area contributed by atoms with Crippen LogP contribution in [0.3, 0.4) is 0 Å². The molecule has 7 heteroatoms. The molecule has 1 aromatic heterocycles. The minimum atomic E-state index is -0.501. The summed E-state index contributed by atoms with van der Waals surface area (Å²) in [6.07, 6.45) is 3.32. The molecular formula is C26H19BrN4O2. The zero-order chi connectivity index (χ0) is 23.2. The molecule has 0 saturated heterocycles. The number of amides is 2. The van der Waals surface area contributed by atoms with Crippen LogP contribution in [0.1, 0.15) is 5.56 Å². The number of carbonyl (C=O) groups excluding carboxylic acids is 2. The molecule has 0 aliphatic rings. The van der Waals surface area contributed by atoms with Gasteiger partial charge < -0.3 is 15.2 Å². The molecule has 3 aromatic carbocycles. The van der Waals surface area contributed by atoms with Gasteiger partial charge in [-0.2, -0.15) is 5.26 Å². The highest BCUT2D eigenvalue weighted by molar-refractivity contribution is 9.10. The third-order valence-corrected chi connectivity index (χ3v) is 5.49. The SMILES string of the molecule is N#C/C(=C\c1cn(CC(=O)Nc2ccccc2)c2ccccc12)C(=O)Nc1ccc(Br)cc1. The van der Waals surface area contributed by atoms with Crippen LogP contribution in [-0.2, 0) is 16.1 Å². The van der Waals surface area contributed by atoms with Crippen LogP contribution < -0.4 is 10.6 Å². The van der Waals surface area contributed by atoms with Gasteiger partial charge in [0.15, 0.2) is 0 Å². The van der Waals surface area contributed by atoms with Gasteiger partial charge in [-0.3, -0.25) is 9.59 Å². The Morgan fingerprint density at radius 1 is 0.909 bits per heavy atom. The standard InChI is InChI=1S/C26H19BrN4O2/c27-20-10-12-22(13-11-20)30-26(33)18(15-28)14-19-16-31(24-9-5-4-8-23(19)24)17-25(32)29-21-6-2-1-3-7-21/h1-14,16H,17H2,(H,29,32)(H,30,33)/b18-14+. The Morgan fingerprint density at radius 2 is 1.58 bits per heavy atom. The number of nitriles is 1. The van der Waals surface area contributed by atoms with E-state index in [4.69, 9.17) is 0 Å². The number of halogens is 1. The van der Waals surface area contributed by atoms with Gasteiger partial charge in [0.1, 0.15) is 18.2 Å². The molecule has 4 rings (SSSR count). The Labute approximate surface area is 199 Å². The molecule has 0 spiro atoms. The number of benzene rings is 3. The smallest absolute Gasteiger partial charge is 0.266 e. The van der Waals surface area contributed by atoms with Gasteiger partial charge in [-0.25, -0.2) is 0 Å². The van der Waals surface area contributed by atoms with E-state index in [9.17, 15) is 14.9 Å². The quantitative estimate of drug-likeness (QED) is 0.268. The summed E-state index contributed by atoms with van der Waals surface area (Å²) in [6.45, 7) is 0.0935. The van der Waals surface area contributed by atoms with Gasteiger partial charge in [0.25, 0.3) is 5.91 Å². The second-order valence-corrected chi connectivity index (χ2v) is 8.19. The van der Waals surface area contributed by atoms with Crippen LogP contribution >= 0.6 is 15.9 Å². The molecule has 0 radical (unpaired) electrons. The lowest BCUT2D eigenvalue weighted by molar-refractivity contribution is -0.116. The van der Waals surface area contributed by atoms with Gasteiger partial charge in [-0.05, 0) is 48.5 Å². The Balaban J connectivity index is 1.60. The molecule has 0 bridgehead atoms. The van der Waals surface area contributed by atoms with Crippen LogP contribution in [0.15, 0.2) is 95.1 Å². The topological polar surface area (TPSA) is 86.9 Å². The highest BCUT2D eigenvalue weighted by atomic mass is 79.9. The first-order valence-corrected chi connectivity index (χ1v) is 10.9. The fourth-order valence-corrected chi connectivity index (χ4v) is 3.70. The summed E-state index contributed by atoms with van der Waals surface area (Å²) in [5, 5.41) is 16.1. The zero-order valence-electron chi connectivity index (χ0n) is 17.5. The lowest BCUT2D eigenvalue weighted by atomic mass is 10.1. The number of rotatable bonds is 6. The van der Waals surface area contributed by atoms with Crippen LogP contribution in [0.5, 0.6) is 0 Å². The predicted molar refractivity (Wildman–Crippen MR) is 133 cm³/mol.